The van der Waals surface area contributed by atoms with E-state index < -0.39 is 0 Å². The Balaban J connectivity index is 2.27. The van der Waals surface area contributed by atoms with Crippen LogP contribution in [0.4, 0.5) is 0 Å². The van der Waals surface area contributed by atoms with Gasteiger partial charge in [0, 0.05) is 25.7 Å². The van der Waals surface area contributed by atoms with Crippen molar-refractivity contribution in [2.45, 2.75) is 51.4 Å². The molecule has 15 heavy (non-hydrogen) atoms. The topological polar surface area (TPSA) is 46.2 Å². The molecule has 0 radical (unpaired) electrons. The third kappa shape index (κ3) is 6.39. The SMILES string of the molecule is O=C1CCCCNCCCC(=O)CCC1. The first-order chi connectivity index (χ1) is 7.29. The van der Waals surface area contributed by atoms with Crippen molar-refractivity contribution in [1.82, 2.24) is 5.32 Å². The zero-order valence-electron chi connectivity index (χ0n) is 9.39. The van der Waals surface area contributed by atoms with Gasteiger partial charge in [0.05, 0.1) is 0 Å². The fraction of sp³-hybridized carbons (Fsp3) is 0.833. The standard InChI is InChI=1S/C12H21NO2/c14-11-5-1-2-9-13-10-4-8-12(15)7-3-6-11/h13H,1-10H2. The third-order valence-electron chi connectivity index (χ3n) is 2.78. The molecule has 3 nitrogen and oxygen atoms in total. The summed E-state index contributed by atoms with van der Waals surface area (Å²) < 4.78 is 0. The van der Waals surface area contributed by atoms with E-state index in [4.69, 9.17) is 0 Å². The van der Waals surface area contributed by atoms with E-state index in [9.17, 15) is 9.59 Å². The molecule has 0 bridgehead atoms. The largest absolute Gasteiger partial charge is 0.317 e. The minimum absolute atomic E-state index is 0.309. The summed E-state index contributed by atoms with van der Waals surface area (Å²) in [6, 6.07) is 0. The Hall–Kier alpha value is -0.700. The summed E-state index contributed by atoms with van der Waals surface area (Å²) in [5.41, 5.74) is 0. The molecular formula is C12H21NO2. The molecule has 1 rings (SSSR count). The van der Waals surface area contributed by atoms with Crippen LogP contribution >= 0.6 is 0 Å². The molecule has 86 valence electrons. The molecule has 0 saturated carbocycles. The summed E-state index contributed by atoms with van der Waals surface area (Å²) in [7, 11) is 0. The predicted molar refractivity (Wildman–Crippen MR) is 59.8 cm³/mol. The lowest BCUT2D eigenvalue weighted by molar-refractivity contribution is -0.120. The second kappa shape index (κ2) is 7.57. The van der Waals surface area contributed by atoms with Gasteiger partial charge >= 0.3 is 0 Å². The summed E-state index contributed by atoms with van der Waals surface area (Å²) in [5.74, 6) is 0.630. The van der Waals surface area contributed by atoms with Crippen LogP contribution in [0.1, 0.15) is 51.4 Å². The van der Waals surface area contributed by atoms with E-state index in [0.717, 1.165) is 38.8 Å². The number of Topliss-reactive ketones (excluding diaryl/α,β-unsaturated/α-hetero) is 2. The van der Waals surface area contributed by atoms with Gasteiger partial charge in [-0.3, -0.25) is 9.59 Å². The Bertz CT molecular complexity index is 192. The van der Waals surface area contributed by atoms with Crippen molar-refractivity contribution in [2.75, 3.05) is 13.1 Å². The molecule has 1 heterocycles. The van der Waals surface area contributed by atoms with Gasteiger partial charge in [-0.05, 0) is 38.8 Å². The fourth-order valence-corrected chi connectivity index (χ4v) is 1.84. The number of carbonyl (C=O) groups is 2. The number of hydrogen-bond donors (Lipinski definition) is 1. The van der Waals surface area contributed by atoms with Gasteiger partial charge in [0.1, 0.15) is 11.6 Å². The average molecular weight is 211 g/mol. The third-order valence-corrected chi connectivity index (χ3v) is 2.78. The maximum Gasteiger partial charge on any atom is 0.132 e. The quantitative estimate of drug-likeness (QED) is 0.665. The molecule has 0 aliphatic carbocycles. The van der Waals surface area contributed by atoms with Gasteiger partial charge in [-0.25, -0.2) is 0 Å². The van der Waals surface area contributed by atoms with Gasteiger partial charge in [-0.15, -0.1) is 0 Å². The minimum Gasteiger partial charge on any atom is -0.317 e. The summed E-state index contributed by atoms with van der Waals surface area (Å²) in [6.45, 7) is 1.90. The second-order valence-corrected chi connectivity index (χ2v) is 4.24. The molecule has 0 unspecified atom stereocenters. The molecule has 0 spiro atoms. The van der Waals surface area contributed by atoms with E-state index in [0.29, 0.717) is 37.2 Å². The van der Waals surface area contributed by atoms with Crippen LogP contribution in [-0.2, 0) is 9.59 Å². The number of ketones is 2. The smallest absolute Gasteiger partial charge is 0.132 e. The van der Waals surface area contributed by atoms with Crippen LogP contribution in [0.2, 0.25) is 0 Å². The first-order valence-corrected chi connectivity index (χ1v) is 6.03. The zero-order chi connectivity index (χ0) is 10.9. The molecule has 0 amide bonds. The second-order valence-electron chi connectivity index (χ2n) is 4.24. The molecule has 1 aliphatic heterocycles. The van der Waals surface area contributed by atoms with Crippen molar-refractivity contribution >= 4 is 11.6 Å². The van der Waals surface area contributed by atoms with Gasteiger partial charge in [0.15, 0.2) is 0 Å². The lowest BCUT2D eigenvalue weighted by atomic mass is 10.0. The Kier molecular flexibility index (Phi) is 6.25. The minimum atomic E-state index is 0.309. The van der Waals surface area contributed by atoms with Gasteiger partial charge < -0.3 is 5.32 Å². The van der Waals surface area contributed by atoms with Crippen molar-refractivity contribution in [1.29, 1.82) is 0 Å². The van der Waals surface area contributed by atoms with Gasteiger partial charge in [-0.2, -0.15) is 0 Å². The summed E-state index contributed by atoms with van der Waals surface area (Å²) in [6.07, 6.45) is 6.29. The first-order valence-electron chi connectivity index (χ1n) is 6.03. The van der Waals surface area contributed by atoms with Crippen molar-refractivity contribution in [3.05, 3.63) is 0 Å². The monoisotopic (exact) mass is 211 g/mol. The molecule has 1 N–H and O–H groups in total. The van der Waals surface area contributed by atoms with Crippen LogP contribution in [-0.4, -0.2) is 24.7 Å². The van der Waals surface area contributed by atoms with Crippen LogP contribution in [0.25, 0.3) is 0 Å². The van der Waals surface area contributed by atoms with Crippen molar-refractivity contribution in [3.63, 3.8) is 0 Å². The predicted octanol–water partition coefficient (Wildman–Crippen LogP) is 1.85. The molecule has 1 saturated heterocycles. The van der Waals surface area contributed by atoms with Crippen LogP contribution in [0.5, 0.6) is 0 Å². The average Bonchev–Trinajstić information content (AvgIpc) is 2.22. The van der Waals surface area contributed by atoms with Crippen molar-refractivity contribution in [3.8, 4) is 0 Å². The van der Waals surface area contributed by atoms with Crippen LogP contribution in [0.3, 0.4) is 0 Å². The highest BCUT2D eigenvalue weighted by molar-refractivity contribution is 5.81. The van der Waals surface area contributed by atoms with Crippen LogP contribution in [0, 0.1) is 0 Å². The maximum atomic E-state index is 11.4. The van der Waals surface area contributed by atoms with Crippen LogP contribution in [0.15, 0.2) is 0 Å². The lowest BCUT2D eigenvalue weighted by Gasteiger charge is -2.02. The van der Waals surface area contributed by atoms with Gasteiger partial charge in [0.2, 0.25) is 0 Å². The summed E-state index contributed by atoms with van der Waals surface area (Å²) >= 11 is 0. The maximum absolute atomic E-state index is 11.4. The lowest BCUT2D eigenvalue weighted by Crippen LogP contribution is -2.17. The van der Waals surface area contributed by atoms with Gasteiger partial charge in [0.25, 0.3) is 0 Å². The van der Waals surface area contributed by atoms with E-state index >= 15 is 0 Å². The molecule has 3 heteroatoms. The highest BCUT2D eigenvalue weighted by Crippen LogP contribution is 2.06. The number of carbonyl (C=O) groups excluding carboxylic acids is 2. The number of hydrogen-bond acceptors (Lipinski definition) is 3. The molecular weight excluding hydrogens is 190 g/mol. The molecule has 0 aromatic heterocycles. The normalized spacial score (nSPS) is 22.7. The Morgan fingerprint density at radius 3 is 1.93 bits per heavy atom. The van der Waals surface area contributed by atoms with E-state index in [-0.39, 0.29) is 0 Å². The van der Waals surface area contributed by atoms with E-state index in [2.05, 4.69) is 5.32 Å². The van der Waals surface area contributed by atoms with Gasteiger partial charge in [-0.1, -0.05) is 0 Å². The number of nitrogens with one attached hydrogen (secondary N) is 1. The van der Waals surface area contributed by atoms with E-state index in [1.807, 2.05) is 0 Å². The summed E-state index contributed by atoms with van der Waals surface area (Å²) in [4.78, 5) is 22.7. The summed E-state index contributed by atoms with van der Waals surface area (Å²) in [5, 5.41) is 3.30. The molecule has 0 aromatic carbocycles. The highest BCUT2D eigenvalue weighted by atomic mass is 16.1. The Morgan fingerprint density at radius 2 is 1.20 bits per heavy atom. The Morgan fingerprint density at radius 1 is 0.667 bits per heavy atom. The Labute approximate surface area is 91.6 Å². The highest BCUT2D eigenvalue weighted by Gasteiger charge is 2.06. The zero-order valence-corrected chi connectivity index (χ0v) is 9.39. The van der Waals surface area contributed by atoms with E-state index in [1.54, 1.807) is 0 Å². The molecule has 1 aliphatic rings. The van der Waals surface area contributed by atoms with Crippen molar-refractivity contribution in [2.24, 2.45) is 0 Å². The molecule has 0 atom stereocenters. The molecule has 0 aromatic rings. The number of rotatable bonds is 0. The fourth-order valence-electron chi connectivity index (χ4n) is 1.84. The first kappa shape index (κ1) is 12.4. The van der Waals surface area contributed by atoms with Crippen LogP contribution < -0.4 is 5.32 Å². The van der Waals surface area contributed by atoms with Crippen molar-refractivity contribution < 1.29 is 9.59 Å². The van der Waals surface area contributed by atoms with E-state index in [1.165, 1.54) is 0 Å². The molecule has 1 fully saturated rings.